The third-order valence-corrected chi connectivity index (χ3v) is 5.21. The summed E-state index contributed by atoms with van der Waals surface area (Å²) in [5, 5.41) is -0.551. The summed E-state index contributed by atoms with van der Waals surface area (Å²) in [6.07, 6.45) is 1.17. The Morgan fingerprint density at radius 1 is 1.06 bits per heavy atom. The van der Waals surface area contributed by atoms with Crippen LogP contribution in [0.1, 0.15) is 36.7 Å². The number of esters is 2. The van der Waals surface area contributed by atoms with Crippen molar-refractivity contribution in [1.82, 2.24) is 4.90 Å². The van der Waals surface area contributed by atoms with Gasteiger partial charge in [0.1, 0.15) is 6.54 Å². The van der Waals surface area contributed by atoms with E-state index in [-0.39, 0.29) is 16.8 Å². The molecule has 2 amide bonds. The molecule has 1 aliphatic rings. The number of hydrogen-bond acceptors (Lipinski definition) is 8. The van der Waals surface area contributed by atoms with Gasteiger partial charge < -0.3 is 14.2 Å². The molecule has 0 aromatic heterocycles. The van der Waals surface area contributed by atoms with Gasteiger partial charge in [0.25, 0.3) is 11.1 Å². The summed E-state index contributed by atoms with van der Waals surface area (Å²) in [7, 11) is 0. The van der Waals surface area contributed by atoms with Crippen molar-refractivity contribution in [2.45, 2.75) is 26.9 Å². The van der Waals surface area contributed by atoms with E-state index in [1.165, 1.54) is 6.08 Å². The van der Waals surface area contributed by atoms with Crippen LogP contribution in [0, 0.1) is 0 Å². The zero-order valence-corrected chi connectivity index (χ0v) is 19.2. The van der Waals surface area contributed by atoms with E-state index in [4.69, 9.17) is 14.2 Å². The fourth-order valence-electron chi connectivity index (χ4n) is 2.92. The summed E-state index contributed by atoms with van der Waals surface area (Å²) in [4.78, 5) is 50.1. The lowest BCUT2D eigenvalue weighted by Gasteiger charge is -2.13. The molecule has 2 aromatic carbocycles. The summed E-state index contributed by atoms with van der Waals surface area (Å²) in [6.45, 7) is 5.04. The van der Waals surface area contributed by atoms with Gasteiger partial charge in [-0.15, -0.1) is 0 Å². The summed E-state index contributed by atoms with van der Waals surface area (Å²) in [5.41, 5.74) is 0.960. The Morgan fingerprint density at radius 3 is 2.45 bits per heavy atom. The molecule has 1 fully saturated rings. The molecule has 3 rings (SSSR count). The number of thioether (sulfide) groups is 1. The lowest BCUT2D eigenvalue weighted by atomic mass is 10.1. The van der Waals surface area contributed by atoms with E-state index >= 15 is 0 Å². The molecule has 0 spiro atoms. The maximum atomic E-state index is 12.6. The van der Waals surface area contributed by atoms with Gasteiger partial charge in [0.15, 0.2) is 11.5 Å². The molecule has 0 N–H and O–H groups in total. The van der Waals surface area contributed by atoms with Crippen molar-refractivity contribution in [3.8, 4) is 11.5 Å². The maximum Gasteiger partial charge on any atom is 0.343 e. The predicted octanol–water partition coefficient (Wildman–Crippen LogP) is 4.29. The normalized spacial score (nSPS) is 14.7. The van der Waals surface area contributed by atoms with Crippen LogP contribution in [0.2, 0.25) is 0 Å². The summed E-state index contributed by atoms with van der Waals surface area (Å²) < 4.78 is 16.1. The molecule has 0 bridgehead atoms. The number of imide groups is 1. The average molecular weight is 470 g/mol. The number of nitrogens with zero attached hydrogens (tertiary/aromatic N) is 1. The van der Waals surface area contributed by atoms with Crippen molar-refractivity contribution in [3.05, 3.63) is 64.6 Å². The number of hydrogen-bond donors (Lipinski definition) is 0. The number of amides is 2. The minimum absolute atomic E-state index is 0.161. The highest BCUT2D eigenvalue weighted by Gasteiger charge is 2.36. The predicted molar refractivity (Wildman–Crippen MR) is 123 cm³/mol. The van der Waals surface area contributed by atoms with Gasteiger partial charge in [0.2, 0.25) is 0 Å². The Bertz CT molecular complexity index is 1100. The van der Waals surface area contributed by atoms with Crippen molar-refractivity contribution in [3.63, 3.8) is 0 Å². The standard InChI is InChI=1S/C24H23NO7S/c1-4-30-19-12-16(10-11-18(19)32-23(28)17-8-6-5-7-9-17)13-20-22(27)25(24(29)33-20)14-21(26)31-15(2)3/h5-13,15H,4,14H2,1-3H3/b20-13-. The fourth-order valence-corrected chi connectivity index (χ4v) is 3.76. The molecule has 1 saturated heterocycles. The fraction of sp³-hybridized carbons (Fsp3) is 0.250. The largest absolute Gasteiger partial charge is 0.490 e. The molecule has 0 aliphatic carbocycles. The molecule has 1 aliphatic heterocycles. The molecule has 8 nitrogen and oxygen atoms in total. The molecule has 172 valence electrons. The Morgan fingerprint density at radius 2 is 1.79 bits per heavy atom. The monoisotopic (exact) mass is 469 g/mol. The third-order valence-electron chi connectivity index (χ3n) is 4.31. The topological polar surface area (TPSA) is 99.2 Å². The van der Waals surface area contributed by atoms with Crippen LogP contribution in [0.25, 0.3) is 6.08 Å². The molecule has 0 saturated carbocycles. The average Bonchev–Trinajstić information content (AvgIpc) is 3.03. The first kappa shape index (κ1) is 24.1. The minimum atomic E-state index is -0.656. The third kappa shape index (κ3) is 6.23. The van der Waals surface area contributed by atoms with Gasteiger partial charge in [0.05, 0.1) is 23.2 Å². The molecule has 2 aromatic rings. The zero-order valence-electron chi connectivity index (χ0n) is 18.4. The van der Waals surface area contributed by atoms with Crippen LogP contribution in [0.5, 0.6) is 11.5 Å². The number of benzene rings is 2. The van der Waals surface area contributed by atoms with Crippen molar-refractivity contribution < 1.29 is 33.4 Å². The molecule has 1 heterocycles. The second-order valence-electron chi connectivity index (χ2n) is 7.20. The second kappa shape index (κ2) is 10.8. The van der Waals surface area contributed by atoms with Crippen LogP contribution in [-0.2, 0) is 14.3 Å². The molecule has 0 radical (unpaired) electrons. The van der Waals surface area contributed by atoms with E-state index in [1.54, 1.807) is 69.3 Å². The van der Waals surface area contributed by atoms with Gasteiger partial charge in [-0.1, -0.05) is 24.3 Å². The number of carbonyl (C=O) groups is 4. The first-order chi connectivity index (χ1) is 15.8. The molecule has 9 heteroatoms. The number of carbonyl (C=O) groups excluding carboxylic acids is 4. The molecular formula is C24H23NO7S. The SMILES string of the molecule is CCOc1cc(/C=C2\SC(=O)N(CC(=O)OC(C)C)C2=O)ccc1OC(=O)c1ccccc1. The van der Waals surface area contributed by atoms with Crippen LogP contribution in [-0.4, -0.2) is 47.2 Å². The van der Waals surface area contributed by atoms with E-state index in [1.807, 2.05) is 0 Å². The van der Waals surface area contributed by atoms with Gasteiger partial charge >= 0.3 is 11.9 Å². The highest BCUT2D eigenvalue weighted by molar-refractivity contribution is 8.18. The molecular weight excluding hydrogens is 446 g/mol. The van der Waals surface area contributed by atoms with Gasteiger partial charge in [-0.05, 0) is 68.4 Å². The Labute approximate surface area is 195 Å². The quantitative estimate of drug-likeness (QED) is 0.321. The van der Waals surface area contributed by atoms with Gasteiger partial charge in [-0.3, -0.25) is 19.3 Å². The van der Waals surface area contributed by atoms with E-state index < -0.39 is 29.6 Å². The minimum Gasteiger partial charge on any atom is -0.490 e. The number of ether oxygens (including phenoxy) is 3. The lowest BCUT2D eigenvalue weighted by molar-refractivity contribution is -0.149. The van der Waals surface area contributed by atoms with E-state index in [9.17, 15) is 19.2 Å². The van der Waals surface area contributed by atoms with E-state index in [0.717, 1.165) is 16.7 Å². The molecule has 0 atom stereocenters. The van der Waals surface area contributed by atoms with Crippen molar-refractivity contribution in [2.75, 3.05) is 13.2 Å². The smallest absolute Gasteiger partial charge is 0.343 e. The van der Waals surface area contributed by atoms with Crippen molar-refractivity contribution >= 4 is 40.9 Å². The first-order valence-electron chi connectivity index (χ1n) is 10.3. The van der Waals surface area contributed by atoms with Crippen LogP contribution in [0.15, 0.2) is 53.4 Å². The Balaban J connectivity index is 1.78. The highest BCUT2D eigenvalue weighted by atomic mass is 32.2. The van der Waals surface area contributed by atoms with Crippen LogP contribution in [0.4, 0.5) is 4.79 Å². The molecule has 0 unspecified atom stereocenters. The molecule has 33 heavy (non-hydrogen) atoms. The Hall–Kier alpha value is -3.59. The maximum absolute atomic E-state index is 12.6. The zero-order chi connectivity index (χ0) is 24.0. The lowest BCUT2D eigenvalue weighted by Crippen LogP contribution is -2.35. The van der Waals surface area contributed by atoms with E-state index in [0.29, 0.717) is 23.5 Å². The summed E-state index contributed by atoms with van der Waals surface area (Å²) in [5.74, 6) is -1.22. The van der Waals surface area contributed by atoms with E-state index in [2.05, 4.69) is 0 Å². The summed E-state index contributed by atoms with van der Waals surface area (Å²) >= 11 is 0.733. The second-order valence-corrected chi connectivity index (χ2v) is 8.19. The van der Waals surface area contributed by atoms with Crippen molar-refractivity contribution in [2.24, 2.45) is 0 Å². The first-order valence-corrected chi connectivity index (χ1v) is 11.1. The van der Waals surface area contributed by atoms with Crippen LogP contribution >= 0.6 is 11.8 Å². The van der Waals surface area contributed by atoms with Gasteiger partial charge in [-0.25, -0.2) is 4.79 Å². The highest BCUT2D eigenvalue weighted by Crippen LogP contribution is 2.35. The summed E-state index contributed by atoms with van der Waals surface area (Å²) in [6, 6.07) is 13.4. The van der Waals surface area contributed by atoms with Crippen LogP contribution in [0.3, 0.4) is 0 Å². The number of rotatable bonds is 8. The van der Waals surface area contributed by atoms with Crippen LogP contribution < -0.4 is 9.47 Å². The van der Waals surface area contributed by atoms with Gasteiger partial charge in [-0.2, -0.15) is 0 Å². The van der Waals surface area contributed by atoms with Gasteiger partial charge in [0, 0.05) is 0 Å². The Kier molecular flexibility index (Phi) is 7.89. The van der Waals surface area contributed by atoms with Crippen molar-refractivity contribution in [1.29, 1.82) is 0 Å².